The van der Waals surface area contributed by atoms with Crippen LogP contribution in [0.2, 0.25) is 0 Å². The van der Waals surface area contributed by atoms with Crippen molar-refractivity contribution in [3.8, 4) is 11.5 Å². The number of imide groups is 1. The average molecular weight is 444 g/mol. The first-order valence-corrected chi connectivity index (χ1v) is 11.2. The Bertz CT molecular complexity index is 959. The molecule has 0 spiro atoms. The highest BCUT2D eigenvalue weighted by Gasteiger charge is 2.34. The third-order valence-corrected chi connectivity index (χ3v) is 5.64. The number of carbonyl (C=O) groups is 2. The van der Waals surface area contributed by atoms with Crippen LogP contribution in [0.4, 0.5) is 9.18 Å². The molecule has 0 radical (unpaired) electrons. The first kappa shape index (κ1) is 22.9. The SMILES string of the molecule is CCCCCN1C(=O)S/C(=C\c2ccc(OCc3ccc(F)cc3)c(OCC)c2)C1=O. The summed E-state index contributed by atoms with van der Waals surface area (Å²) in [6, 6.07) is 11.5. The summed E-state index contributed by atoms with van der Waals surface area (Å²) in [6.45, 7) is 5.13. The molecule has 0 bridgehead atoms. The van der Waals surface area contributed by atoms with E-state index >= 15 is 0 Å². The smallest absolute Gasteiger partial charge is 0.293 e. The van der Waals surface area contributed by atoms with Crippen LogP contribution in [0.25, 0.3) is 6.08 Å². The first-order chi connectivity index (χ1) is 15.0. The number of carbonyl (C=O) groups excluding carboxylic acids is 2. The Morgan fingerprint density at radius 2 is 1.77 bits per heavy atom. The lowest BCUT2D eigenvalue weighted by Crippen LogP contribution is -2.29. The van der Waals surface area contributed by atoms with Gasteiger partial charge in [0.05, 0.1) is 11.5 Å². The highest BCUT2D eigenvalue weighted by atomic mass is 32.2. The summed E-state index contributed by atoms with van der Waals surface area (Å²) in [6.07, 6.45) is 4.53. The van der Waals surface area contributed by atoms with E-state index in [4.69, 9.17) is 9.47 Å². The summed E-state index contributed by atoms with van der Waals surface area (Å²) in [5.74, 6) is 0.551. The maximum absolute atomic E-state index is 13.1. The van der Waals surface area contributed by atoms with E-state index in [9.17, 15) is 14.0 Å². The normalized spacial score (nSPS) is 15.1. The van der Waals surface area contributed by atoms with Gasteiger partial charge in [0.2, 0.25) is 0 Å². The summed E-state index contributed by atoms with van der Waals surface area (Å²) in [5, 5.41) is -0.225. The van der Waals surface area contributed by atoms with Crippen molar-refractivity contribution in [1.29, 1.82) is 0 Å². The third kappa shape index (κ3) is 6.10. The van der Waals surface area contributed by atoms with E-state index in [0.717, 1.165) is 42.2 Å². The fourth-order valence-electron chi connectivity index (χ4n) is 3.11. The van der Waals surface area contributed by atoms with Crippen LogP contribution in [0.5, 0.6) is 11.5 Å². The van der Waals surface area contributed by atoms with Crippen LogP contribution >= 0.6 is 11.8 Å². The Hall–Kier alpha value is -2.80. The fourth-order valence-corrected chi connectivity index (χ4v) is 3.97. The Kier molecular flexibility index (Phi) is 8.12. The fraction of sp³-hybridized carbons (Fsp3) is 0.333. The molecule has 1 saturated heterocycles. The van der Waals surface area contributed by atoms with Crippen molar-refractivity contribution < 1.29 is 23.5 Å². The van der Waals surface area contributed by atoms with Gasteiger partial charge in [-0.2, -0.15) is 0 Å². The number of hydrogen-bond acceptors (Lipinski definition) is 5. The standard InChI is InChI=1S/C24H26FNO4S/c1-3-5-6-13-26-23(27)22(31-24(26)28)15-18-9-12-20(21(14-18)29-4-2)30-16-17-7-10-19(25)11-8-17/h7-12,14-15H,3-6,13,16H2,1-2H3/b22-15-. The van der Waals surface area contributed by atoms with E-state index in [1.54, 1.807) is 30.3 Å². The summed E-state index contributed by atoms with van der Waals surface area (Å²) in [7, 11) is 0. The van der Waals surface area contributed by atoms with E-state index in [0.29, 0.717) is 29.6 Å². The van der Waals surface area contributed by atoms with Crippen molar-refractivity contribution in [1.82, 2.24) is 4.90 Å². The predicted molar refractivity (Wildman–Crippen MR) is 121 cm³/mol. The summed E-state index contributed by atoms with van der Waals surface area (Å²) >= 11 is 0.963. The molecule has 2 aromatic rings. The van der Waals surface area contributed by atoms with Gasteiger partial charge in [-0.15, -0.1) is 0 Å². The van der Waals surface area contributed by atoms with Crippen molar-refractivity contribution in [2.24, 2.45) is 0 Å². The van der Waals surface area contributed by atoms with E-state index < -0.39 is 0 Å². The van der Waals surface area contributed by atoms with Gasteiger partial charge in [-0.1, -0.05) is 38.0 Å². The molecule has 1 aliphatic heterocycles. The van der Waals surface area contributed by atoms with Gasteiger partial charge in [-0.3, -0.25) is 14.5 Å². The molecule has 164 valence electrons. The van der Waals surface area contributed by atoms with Crippen LogP contribution in [-0.2, 0) is 11.4 Å². The number of halogens is 1. The molecule has 0 saturated carbocycles. The molecular formula is C24H26FNO4S. The van der Waals surface area contributed by atoms with Gasteiger partial charge in [-0.05, 0) is 66.6 Å². The molecule has 5 nitrogen and oxygen atoms in total. The van der Waals surface area contributed by atoms with Crippen LogP contribution in [0, 0.1) is 5.82 Å². The van der Waals surface area contributed by atoms with Crippen LogP contribution in [-0.4, -0.2) is 29.2 Å². The Labute approximate surface area is 186 Å². The van der Waals surface area contributed by atoms with Crippen LogP contribution in [0.3, 0.4) is 0 Å². The molecule has 0 atom stereocenters. The minimum Gasteiger partial charge on any atom is -0.490 e. The number of ether oxygens (including phenoxy) is 2. The number of rotatable bonds is 10. The Morgan fingerprint density at radius 3 is 2.48 bits per heavy atom. The molecule has 0 unspecified atom stereocenters. The highest BCUT2D eigenvalue weighted by molar-refractivity contribution is 8.18. The molecule has 1 aliphatic rings. The number of benzene rings is 2. The first-order valence-electron chi connectivity index (χ1n) is 10.4. The largest absolute Gasteiger partial charge is 0.490 e. The number of nitrogens with zero attached hydrogens (tertiary/aromatic N) is 1. The monoisotopic (exact) mass is 443 g/mol. The van der Waals surface area contributed by atoms with Gasteiger partial charge in [0, 0.05) is 6.54 Å². The van der Waals surface area contributed by atoms with Crippen molar-refractivity contribution in [2.75, 3.05) is 13.2 Å². The zero-order valence-corrected chi connectivity index (χ0v) is 18.5. The second-order valence-corrected chi connectivity index (χ2v) is 8.09. The maximum atomic E-state index is 13.1. The van der Waals surface area contributed by atoms with E-state index in [2.05, 4.69) is 6.92 Å². The molecule has 0 N–H and O–H groups in total. The molecular weight excluding hydrogens is 417 g/mol. The minimum atomic E-state index is -0.294. The lowest BCUT2D eigenvalue weighted by Gasteiger charge is -2.13. The van der Waals surface area contributed by atoms with E-state index in [1.165, 1.54) is 17.0 Å². The number of thioether (sulfide) groups is 1. The summed E-state index contributed by atoms with van der Waals surface area (Å²) in [5.41, 5.74) is 1.58. The van der Waals surface area contributed by atoms with Crippen molar-refractivity contribution in [3.05, 3.63) is 64.3 Å². The molecule has 31 heavy (non-hydrogen) atoms. The van der Waals surface area contributed by atoms with Gasteiger partial charge in [0.15, 0.2) is 11.5 Å². The average Bonchev–Trinajstić information content (AvgIpc) is 3.02. The Morgan fingerprint density at radius 1 is 1.00 bits per heavy atom. The Balaban J connectivity index is 1.73. The van der Waals surface area contributed by atoms with E-state index in [-0.39, 0.29) is 23.6 Å². The van der Waals surface area contributed by atoms with E-state index in [1.807, 2.05) is 13.0 Å². The second-order valence-electron chi connectivity index (χ2n) is 7.09. The minimum absolute atomic E-state index is 0.225. The van der Waals surface area contributed by atoms with Gasteiger partial charge in [0.25, 0.3) is 11.1 Å². The van der Waals surface area contributed by atoms with Gasteiger partial charge in [0.1, 0.15) is 12.4 Å². The quantitative estimate of drug-likeness (QED) is 0.331. The summed E-state index contributed by atoms with van der Waals surface area (Å²) < 4.78 is 24.6. The molecule has 0 aromatic heterocycles. The topological polar surface area (TPSA) is 55.8 Å². The molecule has 7 heteroatoms. The summed E-state index contributed by atoms with van der Waals surface area (Å²) in [4.78, 5) is 26.5. The number of hydrogen-bond donors (Lipinski definition) is 0. The second kappa shape index (κ2) is 11.0. The lowest BCUT2D eigenvalue weighted by atomic mass is 10.1. The van der Waals surface area contributed by atoms with Crippen molar-refractivity contribution in [2.45, 2.75) is 39.7 Å². The van der Waals surface area contributed by atoms with Crippen LogP contribution < -0.4 is 9.47 Å². The molecule has 1 heterocycles. The van der Waals surface area contributed by atoms with Crippen molar-refractivity contribution >= 4 is 29.0 Å². The van der Waals surface area contributed by atoms with Crippen LogP contribution in [0.1, 0.15) is 44.2 Å². The molecule has 3 rings (SSSR count). The molecule has 2 aromatic carbocycles. The maximum Gasteiger partial charge on any atom is 0.293 e. The number of amides is 2. The molecule has 0 aliphatic carbocycles. The third-order valence-electron chi connectivity index (χ3n) is 4.73. The van der Waals surface area contributed by atoms with Gasteiger partial charge >= 0.3 is 0 Å². The van der Waals surface area contributed by atoms with Crippen LogP contribution in [0.15, 0.2) is 47.4 Å². The number of unbranched alkanes of at least 4 members (excludes halogenated alkanes) is 2. The highest BCUT2D eigenvalue weighted by Crippen LogP contribution is 2.35. The zero-order chi connectivity index (χ0) is 22.2. The lowest BCUT2D eigenvalue weighted by molar-refractivity contribution is -0.122. The van der Waals surface area contributed by atoms with Crippen molar-refractivity contribution in [3.63, 3.8) is 0 Å². The van der Waals surface area contributed by atoms with Gasteiger partial charge in [-0.25, -0.2) is 4.39 Å². The molecule has 2 amide bonds. The van der Waals surface area contributed by atoms with Gasteiger partial charge < -0.3 is 9.47 Å². The molecule has 1 fully saturated rings. The predicted octanol–water partition coefficient (Wildman–Crippen LogP) is 6.03. The zero-order valence-electron chi connectivity index (χ0n) is 17.7.